The van der Waals surface area contributed by atoms with Gasteiger partial charge in [0.2, 0.25) is 11.7 Å². The lowest BCUT2D eigenvalue weighted by atomic mass is 10.2. The molecule has 0 bridgehead atoms. The first-order valence-corrected chi connectivity index (χ1v) is 6.86. The molecule has 3 rings (SSSR count). The maximum Gasteiger partial charge on any atom is 0.401 e. The molecule has 2 aromatic heterocycles. The highest BCUT2D eigenvalue weighted by atomic mass is 19.4. The minimum atomic E-state index is -4.31. The van der Waals surface area contributed by atoms with E-state index in [1.54, 1.807) is 12.1 Å². The van der Waals surface area contributed by atoms with E-state index in [1.807, 2.05) is 0 Å². The van der Waals surface area contributed by atoms with Crippen LogP contribution in [0.2, 0.25) is 0 Å². The molecule has 1 unspecified atom stereocenters. The second kappa shape index (κ2) is 6.13. The number of alkyl halides is 3. The van der Waals surface area contributed by atoms with Crippen molar-refractivity contribution in [2.75, 3.05) is 32.0 Å². The Hall–Kier alpha value is -2.20. The SMILES string of the molecule is Nc1ccc(-c2noc(C3COCCN3CC(F)(F)F)n2)cn1. The van der Waals surface area contributed by atoms with Crippen molar-refractivity contribution in [3.05, 3.63) is 24.2 Å². The van der Waals surface area contributed by atoms with Crippen LogP contribution in [0, 0.1) is 0 Å². The largest absolute Gasteiger partial charge is 0.401 e. The van der Waals surface area contributed by atoms with Crippen LogP contribution in [-0.2, 0) is 4.74 Å². The molecule has 124 valence electrons. The van der Waals surface area contributed by atoms with Crippen LogP contribution in [0.1, 0.15) is 11.9 Å². The molecule has 2 aromatic rings. The van der Waals surface area contributed by atoms with E-state index in [0.29, 0.717) is 11.4 Å². The number of hydrogen-bond acceptors (Lipinski definition) is 7. The van der Waals surface area contributed by atoms with Gasteiger partial charge in [0.1, 0.15) is 11.9 Å². The summed E-state index contributed by atoms with van der Waals surface area (Å²) >= 11 is 0. The monoisotopic (exact) mass is 329 g/mol. The molecule has 1 aliphatic heterocycles. The number of nitrogens with zero attached hydrogens (tertiary/aromatic N) is 4. The summed E-state index contributed by atoms with van der Waals surface area (Å²) in [5, 5.41) is 3.79. The predicted molar refractivity (Wildman–Crippen MR) is 73.1 cm³/mol. The summed E-state index contributed by atoms with van der Waals surface area (Å²) < 4.78 is 48.4. The first-order valence-electron chi connectivity index (χ1n) is 6.86. The van der Waals surface area contributed by atoms with E-state index < -0.39 is 18.8 Å². The molecule has 2 N–H and O–H groups in total. The first-order chi connectivity index (χ1) is 10.9. The zero-order valence-corrected chi connectivity index (χ0v) is 12.0. The number of hydrogen-bond donors (Lipinski definition) is 1. The zero-order valence-electron chi connectivity index (χ0n) is 12.0. The van der Waals surface area contributed by atoms with Gasteiger partial charge in [0, 0.05) is 18.3 Å². The maximum atomic E-state index is 12.7. The van der Waals surface area contributed by atoms with Crippen molar-refractivity contribution in [2.45, 2.75) is 12.2 Å². The van der Waals surface area contributed by atoms with Crippen molar-refractivity contribution in [1.82, 2.24) is 20.0 Å². The summed E-state index contributed by atoms with van der Waals surface area (Å²) in [6, 6.07) is 2.50. The molecule has 1 fully saturated rings. The number of rotatable bonds is 3. The minimum absolute atomic E-state index is 0.0672. The molecule has 0 aromatic carbocycles. The smallest absolute Gasteiger partial charge is 0.384 e. The van der Waals surface area contributed by atoms with Crippen LogP contribution in [-0.4, -0.2) is 52.5 Å². The fourth-order valence-corrected chi connectivity index (χ4v) is 2.31. The molecule has 23 heavy (non-hydrogen) atoms. The van der Waals surface area contributed by atoms with Crippen molar-refractivity contribution < 1.29 is 22.4 Å². The molecule has 10 heteroatoms. The highest BCUT2D eigenvalue weighted by Crippen LogP contribution is 2.28. The van der Waals surface area contributed by atoms with E-state index in [0.717, 1.165) is 0 Å². The molecule has 0 spiro atoms. The summed E-state index contributed by atoms with van der Waals surface area (Å²) in [7, 11) is 0. The van der Waals surface area contributed by atoms with Crippen molar-refractivity contribution in [3.63, 3.8) is 0 Å². The van der Waals surface area contributed by atoms with Gasteiger partial charge in [-0.05, 0) is 12.1 Å². The lowest BCUT2D eigenvalue weighted by molar-refractivity contribution is -0.164. The Morgan fingerprint density at radius 1 is 1.35 bits per heavy atom. The number of pyridine rings is 1. The van der Waals surface area contributed by atoms with Crippen molar-refractivity contribution in [2.24, 2.45) is 0 Å². The van der Waals surface area contributed by atoms with Crippen LogP contribution in [0.4, 0.5) is 19.0 Å². The molecule has 1 saturated heterocycles. The molecule has 1 aliphatic rings. The highest BCUT2D eigenvalue weighted by molar-refractivity contribution is 5.54. The summed E-state index contributed by atoms with van der Waals surface area (Å²) in [6.07, 6.45) is -2.84. The zero-order chi connectivity index (χ0) is 16.4. The highest BCUT2D eigenvalue weighted by Gasteiger charge is 2.38. The molecular formula is C13H14F3N5O2. The third-order valence-electron chi connectivity index (χ3n) is 3.39. The summed E-state index contributed by atoms with van der Waals surface area (Å²) in [6.45, 7) is -0.610. The Morgan fingerprint density at radius 3 is 2.87 bits per heavy atom. The van der Waals surface area contributed by atoms with Gasteiger partial charge < -0.3 is 15.0 Å². The fraction of sp³-hybridized carbons (Fsp3) is 0.462. The van der Waals surface area contributed by atoms with Crippen LogP contribution in [0.25, 0.3) is 11.4 Å². The maximum absolute atomic E-state index is 12.7. The second-order valence-corrected chi connectivity index (χ2v) is 5.10. The standard InChI is InChI=1S/C13H14F3N5O2/c14-13(15,16)7-21-3-4-22-6-9(21)12-19-11(20-23-12)8-1-2-10(17)18-5-8/h1-2,5,9H,3-4,6-7H2,(H2,17,18). The van der Waals surface area contributed by atoms with Gasteiger partial charge in [-0.1, -0.05) is 5.16 Å². The Balaban J connectivity index is 1.81. The van der Waals surface area contributed by atoms with Gasteiger partial charge >= 0.3 is 6.18 Å². The van der Waals surface area contributed by atoms with Crippen molar-refractivity contribution in [1.29, 1.82) is 0 Å². The average molecular weight is 329 g/mol. The van der Waals surface area contributed by atoms with Crippen LogP contribution in [0.3, 0.4) is 0 Å². The van der Waals surface area contributed by atoms with Gasteiger partial charge in [-0.2, -0.15) is 18.2 Å². The van der Waals surface area contributed by atoms with Gasteiger partial charge in [0.05, 0.1) is 19.8 Å². The summed E-state index contributed by atoms with van der Waals surface area (Å²) in [5.41, 5.74) is 6.06. The number of nitrogens with two attached hydrogens (primary N) is 1. The molecule has 7 nitrogen and oxygen atoms in total. The Kier molecular flexibility index (Phi) is 4.18. The van der Waals surface area contributed by atoms with E-state index in [4.69, 9.17) is 15.0 Å². The van der Waals surface area contributed by atoms with E-state index in [2.05, 4.69) is 15.1 Å². The van der Waals surface area contributed by atoms with Gasteiger partial charge in [-0.3, -0.25) is 4.90 Å². The minimum Gasteiger partial charge on any atom is -0.384 e. The Bertz CT molecular complexity index is 658. The number of ether oxygens (including phenoxy) is 1. The van der Waals surface area contributed by atoms with Crippen LogP contribution < -0.4 is 5.73 Å². The molecule has 0 radical (unpaired) electrons. The first kappa shape index (κ1) is 15.7. The number of halogens is 3. The molecule has 0 amide bonds. The van der Waals surface area contributed by atoms with Crippen molar-refractivity contribution >= 4 is 5.82 Å². The molecular weight excluding hydrogens is 315 g/mol. The topological polar surface area (TPSA) is 90.3 Å². The number of aromatic nitrogens is 3. The average Bonchev–Trinajstić information content (AvgIpc) is 2.96. The molecule has 3 heterocycles. The number of anilines is 1. The predicted octanol–water partition coefficient (Wildman–Crippen LogP) is 1.65. The normalized spacial score (nSPS) is 19.9. The quantitative estimate of drug-likeness (QED) is 0.915. The number of morpholine rings is 1. The van der Waals surface area contributed by atoms with Crippen LogP contribution in [0.15, 0.2) is 22.9 Å². The molecule has 0 aliphatic carbocycles. The lowest BCUT2D eigenvalue weighted by Gasteiger charge is -2.33. The van der Waals surface area contributed by atoms with Gasteiger partial charge in [0.15, 0.2) is 0 Å². The Morgan fingerprint density at radius 2 is 2.17 bits per heavy atom. The molecule has 1 atom stereocenters. The summed E-state index contributed by atoms with van der Waals surface area (Å²) in [5.74, 6) is 0.667. The fourth-order valence-electron chi connectivity index (χ4n) is 2.31. The van der Waals surface area contributed by atoms with Gasteiger partial charge in [-0.15, -0.1) is 0 Å². The molecule has 0 saturated carbocycles. The third kappa shape index (κ3) is 3.77. The van der Waals surface area contributed by atoms with Crippen molar-refractivity contribution in [3.8, 4) is 11.4 Å². The van der Waals surface area contributed by atoms with E-state index in [-0.39, 0.29) is 31.5 Å². The lowest BCUT2D eigenvalue weighted by Crippen LogP contribution is -2.44. The Labute approximate surface area is 129 Å². The summed E-state index contributed by atoms with van der Waals surface area (Å²) in [4.78, 5) is 9.30. The van der Waals surface area contributed by atoms with E-state index in [9.17, 15) is 13.2 Å². The second-order valence-electron chi connectivity index (χ2n) is 5.10. The van der Waals surface area contributed by atoms with Gasteiger partial charge in [-0.25, -0.2) is 4.98 Å². The number of nitrogen functional groups attached to an aromatic ring is 1. The van der Waals surface area contributed by atoms with Gasteiger partial charge in [0.25, 0.3) is 0 Å². The van der Waals surface area contributed by atoms with E-state index in [1.165, 1.54) is 11.1 Å². The third-order valence-corrected chi connectivity index (χ3v) is 3.39. The van der Waals surface area contributed by atoms with Crippen LogP contribution in [0.5, 0.6) is 0 Å². The van der Waals surface area contributed by atoms with Crippen LogP contribution >= 0.6 is 0 Å². The van der Waals surface area contributed by atoms with E-state index >= 15 is 0 Å².